The van der Waals surface area contributed by atoms with Crippen LogP contribution in [0, 0.1) is 0 Å². The summed E-state index contributed by atoms with van der Waals surface area (Å²) in [6.07, 6.45) is 2.40. The van der Waals surface area contributed by atoms with Crippen LogP contribution in [0.2, 0.25) is 0 Å². The number of carbonyl (C=O) groups is 1. The zero-order chi connectivity index (χ0) is 9.26. The zero-order valence-electron chi connectivity index (χ0n) is 6.30. The highest BCUT2D eigenvalue weighted by Gasteiger charge is 2.13. The number of oxazole rings is 1. The first kappa shape index (κ1) is 7.53. The van der Waals surface area contributed by atoms with Crippen molar-refractivity contribution in [2.45, 2.75) is 0 Å². The van der Waals surface area contributed by atoms with Gasteiger partial charge in [0, 0.05) is 6.07 Å². The van der Waals surface area contributed by atoms with Crippen molar-refractivity contribution in [2.75, 3.05) is 0 Å². The lowest BCUT2D eigenvalue weighted by atomic mass is 10.4. The van der Waals surface area contributed by atoms with E-state index in [1.807, 2.05) is 0 Å². The maximum absolute atomic E-state index is 10.4. The highest BCUT2D eigenvalue weighted by atomic mass is 16.5. The highest BCUT2D eigenvalue weighted by Crippen LogP contribution is 2.15. The molecule has 2 heterocycles. The zero-order valence-corrected chi connectivity index (χ0v) is 6.30. The van der Waals surface area contributed by atoms with Crippen molar-refractivity contribution >= 4 is 5.97 Å². The third-order valence-corrected chi connectivity index (χ3v) is 1.38. The Morgan fingerprint density at radius 3 is 2.92 bits per heavy atom. The van der Waals surface area contributed by atoms with Crippen molar-refractivity contribution in [2.24, 2.45) is 0 Å². The molecular weight excluding hydrogens is 176 g/mol. The van der Waals surface area contributed by atoms with Gasteiger partial charge < -0.3 is 14.0 Å². The van der Waals surface area contributed by atoms with Crippen LogP contribution in [-0.2, 0) is 0 Å². The van der Waals surface area contributed by atoms with Gasteiger partial charge in [-0.15, -0.1) is 0 Å². The number of carboxylic acid groups (broad SMARTS) is 1. The Balaban J connectivity index is 2.39. The fraction of sp³-hybridized carbons (Fsp3) is 0. The fourth-order valence-electron chi connectivity index (χ4n) is 0.812. The second-order valence-electron chi connectivity index (χ2n) is 2.23. The van der Waals surface area contributed by atoms with Crippen LogP contribution >= 0.6 is 0 Å². The molecule has 0 saturated carbocycles. The third kappa shape index (κ3) is 1.28. The third-order valence-electron chi connectivity index (χ3n) is 1.38. The lowest BCUT2D eigenvalue weighted by molar-refractivity contribution is 0.0690. The van der Waals surface area contributed by atoms with Crippen molar-refractivity contribution < 1.29 is 18.8 Å². The Hall–Kier alpha value is -2.11. The number of hydrogen-bond acceptors (Lipinski definition) is 5. The number of nitrogens with zero attached hydrogens (tertiary/aromatic N) is 2. The van der Waals surface area contributed by atoms with Crippen LogP contribution in [0.5, 0.6) is 0 Å². The van der Waals surface area contributed by atoms with Gasteiger partial charge in [0.25, 0.3) is 0 Å². The van der Waals surface area contributed by atoms with Crippen LogP contribution in [0.15, 0.2) is 27.5 Å². The van der Waals surface area contributed by atoms with E-state index in [9.17, 15) is 4.79 Å². The summed E-state index contributed by atoms with van der Waals surface area (Å²) in [5.41, 5.74) is 0.213. The molecule has 0 spiro atoms. The standard InChI is InChI=1S/C7H4N2O4/c10-7(11)5-3-12-6(8-5)4-1-2-13-9-4/h1-3H,(H,10,11). The first-order chi connectivity index (χ1) is 6.27. The molecular formula is C7H4N2O4. The molecule has 2 aromatic rings. The van der Waals surface area contributed by atoms with E-state index in [1.54, 1.807) is 0 Å². The van der Waals surface area contributed by atoms with Gasteiger partial charge in [-0.1, -0.05) is 5.16 Å². The van der Waals surface area contributed by atoms with Crippen LogP contribution in [0.25, 0.3) is 11.6 Å². The van der Waals surface area contributed by atoms with E-state index in [0.717, 1.165) is 6.26 Å². The summed E-state index contributed by atoms with van der Waals surface area (Å²) in [6, 6.07) is 1.53. The van der Waals surface area contributed by atoms with E-state index in [1.165, 1.54) is 12.3 Å². The van der Waals surface area contributed by atoms with Gasteiger partial charge in [-0.05, 0) is 0 Å². The highest BCUT2D eigenvalue weighted by molar-refractivity contribution is 5.85. The van der Waals surface area contributed by atoms with Gasteiger partial charge in [0.1, 0.15) is 12.5 Å². The topological polar surface area (TPSA) is 89.4 Å². The normalized spacial score (nSPS) is 10.2. The van der Waals surface area contributed by atoms with Crippen molar-refractivity contribution in [1.29, 1.82) is 0 Å². The SMILES string of the molecule is O=C(O)c1coc(-c2ccon2)n1. The van der Waals surface area contributed by atoms with Gasteiger partial charge in [0.15, 0.2) is 11.4 Å². The molecule has 0 unspecified atom stereocenters. The minimum absolute atomic E-state index is 0.131. The molecule has 0 aliphatic carbocycles. The van der Waals surface area contributed by atoms with Gasteiger partial charge in [-0.2, -0.15) is 0 Å². The van der Waals surface area contributed by atoms with Gasteiger partial charge in [-0.25, -0.2) is 9.78 Å². The molecule has 0 saturated heterocycles. The Bertz CT molecular complexity index is 417. The molecule has 0 aromatic carbocycles. The lowest BCUT2D eigenvalue weighted by Gasteiger charge is -1.81. The minimum atomic E-state index is -1.14. The molecule has 6 nitrogen and oxygen atoms in total. The van der Waals surface area contributed by atoms with E-state index >= 15 is 0 Å². The summed E-state index contributed by atoms with van der Waals surface area (Å²) in [6.45, 7) is 0. The van der Waals surface area contributed by atoms with E-state index in [-0.39, 0.29) is 11.6 Å². The second-order valence-corrected chi connectivity index (χ2v) is 2.23. The smallest absolute Gasteiger partial charge is 0.357 e. The van der Waals surface area contributed by atoms with Crippen LogP contribution < -0.4 is 0 Å². The van der Waals surface area contributed by atoms with Gasteiger partial charge in [0.05, 0.1) is 0 Å². The van der Waals surface area contributed by atoms with Crippen LogP contribution in [0.4, 0.5) is 0 Å². The molecule has 2 aromatic heterocycles. The molecule has 1 N–H and O–H groups in total. The first-order valence-corrected chi connectivity index (χ1v) is 3.37. The molecule has 66 valence electrons. The monoisotopic (exact) mass is 180 g/mol. The van der Waals surface area contributed by atoms with Crippen molar-refractivity contribution in [3.05, 3.63) is 24.3 Å². The number of carboxylic acids is 1. The van der Waals surface area contributed by atoms with Gasteiger partial charge in [0.2, 0.25) is 5.89 Å². The number of rotatable bonds is 2. The van der Waals surface area contributed by atoms with E-state index in [0.29, 0.717) is 5.69 Å². The second kappa shape index (κ2) is 2.74. The Kier molecular flexibility index (Phi) is 1.59. The van der Waals surface area contributed by atoms with Crippen LogP contribution in [-0.4, -0.2) is 21.2 Å². The molecule has 0 atom stereocenters. The van der Waals surface area contributed by atoms with Gasteiger partial charge >= 0.3 is 5.97 Å². The summed E-state index contributed by atoms with van der Waals surface area (Å²) >= 11 is 0. The summed E-state index contributed by atoms with van der Waals surface area (Å²) in [7, 11) is 0. The maximum atomic E-state index is 10.4. The van der Waals surface area contributed by atoms with Gasteiger partial charge in [-0.3, -0.25) is 0 Å². The number of aromatic carboxylic acids is 1. The molecule has 0 radical (unpaired) electrons. The van der Waals surface area contributed by atoms with Crippen LogP contribution in [0.1, 0.15) is 10.5 Å². The predicted molar refractivity (Wildman–Crippen MR) is 39.0 cm³/mol. The van der Waals surface area contributed by atoms with E-state index in [4.69, 9.17) is 9.52 Å². The Labute approximate surface area is 71.8 Å². The minimum Gasteiger partial charge on any atom is -0.476 e. The lowest BCUT2D eigenvalue weighted by Crippen LogP contribution is -1.95. The number of hydrogen-bond donors (Lipinski definition) is 1. The first-order valence-electron chi connectivity index (χ1n) is 3.37. The Morgan fingerprint density at radius 2 is 2.38 bits per heavy atom. The summed E-state index contributed by atoms with van der Waals surface area (Å²) in [5, 5.41) is 12.1. The largest absolute Gasteiger partial charge is 0.476 e. The average molecular weight is 180 g/mol. The molecule has 0 bridgehead atoms. The van der Waals surface area contributed by atoms with Crippen molar-refractivity contribution in [3.63, 3.8) is 0 Å². The molecule has 0 aliphatic rings. The maximum Gasteiger partial charge on any atom is 0.357 e. The summed E-state index contributed by atoms with van der Waals surface area (Å²) in [4.78, 5) is 14.1. The predicted octanol–water partition coefficient (Wildman–Crippen LogP) is 1.03. The van der Waals surface area contributed by atoms with Crippen molar-refractivity contribution in [1.82, 2.24) is 10.1 Å². The Morgan fingerprint density at radius 1 is 1.54 bits per heavy atom. The average Bonchev–Trinajstić information content (AvgIpc) is 2.75. The number of aromatic nitrogens is 2. The molecule has 0 amide bonds. The molecule has 0 aliphatic heterocycles. The van der Waals surface area contributed by atoms with E-state index < -0.39 is 5.97 Å². The summed E-state index contributed by atoms with van der Waals surface area (Å²) in [5.74, 6) is -1.01. The van der Waals surface area contributed by atoms with E-state index in [2.05, 4.69) is 14.7 Å². The molecule has 13 heavy (non-hydrogen) atoms. The van der Waals surface area contributed by atoms with Crippen LogP contribution in [0.3, 0.4) is 0 Å². The molecule has 2 rings (SSSR count). The molecule has 0 fully saturated rings. The summed E-state index contributed by atoms with van der Waals surface area (Å²) < 4.78 is 9.40. The fourth-order valence-corrected chi connectivity index (χ4v) is 0.812. The quantitative estimate of drug-likeness (QED) is 0.742. The van der Waals surface area contributed by atoms with Crippen molar-refractivity contribution in [3.8, 4) is 11.6 Å². The molecule has 6 heteroatoms.